The van der Waals surface area contributed by atoms with Crippen molar-refractivity contribution >= 4 is 21.4 Å². The molecular weight excluding hydrogens is 418 g/mol. The third-order valence-electron chi connectivity index (χ3n) is 6.43. The van der Waals surface area contributed by atoms with Gasteiger partial charge in [-0.3, -0.25) is 15.0 Å². The number of hydrogen-bond donors (Lipinski definition) is 1. The molecule has 2 saturated heterocycles. The van der Waals surface area contributed by atoms with Crippen LogP contribution in [-0.4, -0.2) is 85.8 Å². The number of nitro groups is 1. The maximum Gasteiger partial charge on any atom is 0.293 e. The molecule has 10 heteroatoms. The molecule has 1 unspecified atom stereocenters. The summed E-state index contributed by atoms with van der Waals surface area (Å²) in [4.78, 5) is 16.0. The fourth-order valence-corrected chi connectivity index (χ4v) is 5.85. The molecule has 0 aliphatic carbocycles. The third-order valence-corrected chi connectivity index (χ3v) is 8.33. The number of piperazine rings is 1. The normalized spacial score (nSPS) is 20.8. The Bertz CT molecular complexity index is 847. The molecule has 1 aromatic carbocycles. The molecule has 0 amide bonds. The minimum Gasteiger partial charge on any atom is -0.378 e. The van der Waals surface area contributed by atoms with Gasteiger partial charge in [0.1, 0.15) is 5.69 Å². The molecule has 31 heavy (non-hydrogen) atoms. The Labute approximate surface area is 185 Å². The van der Waals surface area contributed by atoms with Gasteiger partial charge in [-0.05, 0) is 38.4 Å². The van der Waals surface area contributed by atoms with Crippen molar-refractivity contribution in [3.63, 3.8) is 0 Å². The van der Waals surface area contributed by atoms with Crippen LogP contribution in [0.1, 0.15) is 39.5 Å². The molecule has 1 N–H and O–H groups in total. The van der Waals surface area contributed by atoms with Gasteiger partial charge in [0.25, 0.3) is 5.69 Å². The summed E-state index contributed by atoms with van der Waals surface area (Å²) in [5.41, 5.74) is 0.165. The van der Waals surface area contributed by atoms with Crippen molar-refractivity contribution in [2.45, 2.75) is 50.5 Å². The molecule has 0 saturated carbocycles. The van der Waals surface area contributed by atoms with Gasteiger partial charge in [-0.2, -0.15) is 4.31 Å². The standard InChI is InChI=1S/C21H35N5O4S/c1-3-23-12-14-24(15-13-23)18(2)17-22-20-9-8-19(16-21(20)26(27)28)31(29,30)25-10-6-4-5-7-11-25/h8-9,16,18,22H,3-7,10-15,17H2,1-2H3. The summed E-state index contributed by atoms with van der Waals surface area (Å²) in [7, 11) is -3.73. The number of benzene rings is 1. The number of nitrogens with one attached hydrogen (secondary N) is 1. The summed E-state index contributed by atoms with van der Waals surface area (Å²) in [5, 5.41) is 14.9. The molecule has 2 heterocycles. The number of nitrogens with zero attached hydrogens (tertiary/aromatic N) is 4. The van der Waals surface area contributed by atoms with Crippen LogP contribution in [0, 0.1) is 10.1 Å². The molecule has 3 rings (SSSR count). The van der Waals surface area contributed by atoms with Gasteiger partial charge in [0.15, 0.2) is 0 Å². The SMILES string of the molecule is CCN1CCN(C(C)CNc2ccc(S(=O)(=O)N3CCCCCC3)cc2[N+](=O)[O-])CC1. The van der Waals surface area contributed by atoms with Crippen LogP contribution >= 0.6 is 0 Å². The second-order valence-corrected chi connectivity index (χ2v) is 10.4. The van der Waals surface area contributed by atoms with E-state index in [1.807, 2.05) is 0 Å². The Morgan fingerprint density at radius 2 is 1.71 bits per heavy atom. The lowest BCUT2D eigenvalue weighted by Gasteiger charge is -2.37. The Kier molecular flexibility index (Phi) is 8.26. The Hall–Kier alpha value is -1.75. The van der Waals surface area contributed by atoms with E-state index in [9.17, 15) is 18.5 Å². The predicted octanol–water partition coefficient (Wildman–Crippen LogP) is 2.60. The number of sulfonamides is 1. The second-order valence-electron chi connectivity index (χ2n) is 8.45. The lowest BCUT2D eigenvalue weighted by Crippen LogP contribution is -2.51. The van der Waals surface area contributed by atoms with Gasteiger partial charge in [-0.1, -0.05) is 19.8 Å². The molecule has 1 aromatic rings. The second kappa shape index (κ2) is 10.7. The Morgan fingerprint density at radius 3 is 2.29 bits per heavy atom. The summed E-state index contributed by atoms with van der Waals surface area (Å²) >= 11 is 0. The lowest BCUT2D eigenvalue weighted by atomic mass is 10.2. The smallest absolute Gasteiger partial charge is 0.293 e. The first-order chi connectivity index (χ1) is 14.8. The molecular formula is C21H35N5O4S. The van der Waals surface area contributed by atoms with E-state index in [-0.39, 0.29) is 16.6 Å². The van der Waals surface area contributed by atoms with Gasteiger partial charge in [-0.15, -0.1) is 0 Å². The first-order valence-corrected chi connectivity index (χ1v) is 12.8. The van der Waals surface area contributed by atoms with Crippen molar-refractivity contribution in [1.82, 2.24) is 14.1 Å². The number of nitro benzene ring substituents is 1. The predicted molar refractivity (Wildman–Crippen MR) is 122 cm³/mol. The molecule has 0 spiro atoms. The van der Waals surface area contributed by atoms with Crippen molar-refractivity contribution < 1.29 is 13.3 Å². The van der Waals surface area contributed by atoms with Gasteiger partial charge in [0.2, 0.25) is 10.0 Å². The van der Waals surface area contributed by atoms with Crippen molar-refractivity contribution in [3.05, 3.63) is 28.3 Å². The van der Waals surface area contributed by atoms with E-state index in [0.29, 0.717) is 25.3 Å². The maximum absolute atomic E-state index is 13.0. The van der Waals surface area contributed by atoms with Crippen LogP contribution in [-0.2, 0) is 10.0 Å². The molecule has 0 aromatic heterocycles. The molecule has 9 nitrogen and oxygen atoms in total. The molecule has 2 fully saturated rings. The van der Waals surface area contributed by atoms with Crippen LogP contribution in [0.2, 0.25) is 0 Å². The fraction of sp³-hybridized carbons (Fsp3) is 0.714. The van der Waals surface area contributed by atoms with Crippen LogP contribution in [0.3, 0.4) is 0 Å². The van der Waals surface area contributed by atoms with Crippen molar-refractivity contribution in [2.24, 2.45) is 0 Å². The zero-order valence-electron chi connectivity index (χ0n) is 18.6. The van der Waals surface area contributed by atoms with Crippen molar-refractivity contribution in [3.8, 4) is 0 Å². The van der Waals surface area contributed by atoms with E-state index >= 15 is 0 Å². The summed E-state index contributed by atoms with van der Waals surface area (Å²) in [5.74, 6) is 0. The monoisotopic (exact) mass is 453 g/mol. The number of hydrogen-bond acceptors (Lipinski definition) is 7. The van der Waals surface area contributed by atoms with E-state index in [2.05, 4.69) is 29.0 Å². The highest BCUT2D eigenvalue weighted by Gasteiger charge is 2.28. The number of rotatable bonds is 8. The highest BCUT2D eigenvalue weighted by Crippen LogP contribution is 2.30. The number of likely N-dealkylation sites (N-methyl/N-ethyl adjacent to an activating group) is 1. The van der Waals surface area contributed by atoms with Gasteiger partial charge >= 0.3 is 0 Å². The molecule has 2 aliphatic heterocycles. The van der Waals surface area contributed by atoms with Crippen molar-refractivity contribution in [1.29, 1.82) is 0 Å². The fourth-order valence-electron chi connectivity index (χ4n) is 4.31. The average molecular weight is 454 g/mol. The summed E-state index contributed by atoms with van der Waals surface area (Å²) in [6.45, 7) is 10.9. The minimum absolute atomic E-state index is 0.00427. The first-order valence-electron chi connectivity index (χ1n) is 11.3. The van der Waals surface area contributed by atoms with E-state index < -0.39 is 14.9 Å². The van der Waals surface area contributed by atoms with E-state index in [0.717, 1.165) is 58.4 Å². The number of anilines is 1. The van der Waals surface area contributed by atoms with Gasteiger partial charge in [0.05, 0.1) is 9.82 Å². The Morgan fingerprint density at radius 1 is 1.06 bits per heavy atom. The van der Waals surface area contributed by atoms with Gasteiger partial charge in [-0.25, -0.2) is 8.42 Å². The Balaban J connectivity index is 1.70. The summed E-state index contributed by atoms with van der Waals surface area (Å²) < 4.78 is 27.5. The van der Waals surface area contributed by atoms with E-state index in [4.69, 9.17) is 0 Å². The van der Waals surface area contributed by atoms with Crippen LogP contribution in [0.15, 0.2) is 23.1 Å². The summed E-state index contributed by atoms with van der Waals surface area (Å²) in [6, 6.07) is 4.44. The molecule has 174 valence electrons. The topological polar surface area (TPSA) is 99.0 Å². The van der Waals surface area contributed by atoms with Crippen LogP contribution in [0.5, 0.6) is 0 Å². The molecule has 2 aliphatic rings. The minimum atomic E-state index is -3.73. The van der Waals surface area contributed by atoms with Gasteiger partial charge in [0, 0.05) is 57.9 Å². The largest absolute Gasteiger partial charge is 0.378 e. The first kappa shape index (κ1) is 23.9. The highest BCUT2D eigenvalue weighted by atomic mass is 32.2. The van der Waals surface area contributed by atoms with Crippen LogP contribution in [0.4, 0.5) is 11.4 Å². The molecule has 0 bridgehead atoms. The quantitative estimate of drug-likeness (QED) is 0.477. The molecule has 1 atom stereocenters. The van der Waals surface area contributed by atoms with Crippen LogP contribution < -0.4 is 5.32 Å². The average Bonchev–Trinajstić information content (AvgIpc) is 3.07. The van der Waals surface area contributed by atoms with E-state index in [1.165, 1.54) is 22.5 Å². The highest BCUT2D eigenvalue weighted by molar-refractivity contribution is 7.89. The van der Waals surface area contributed by atoms with Crippen molar-refractivity contribution in [2.75, 3.05) is 57.7 Å². The molecule has 0 radical (unpaired) electrons. The summed E-state index contributed by atoms with van der Waals surface area (Å²) in [6.07, 6.45) is 3.68. The van der Waals surface area contributed by atoms with Crippen LogP contribution in [0.25, 0.3) is 0 Å². The third kappa shape index (κ3) is 5.94. The lowest BCUT2D eigenvalue weighted by molar-refractivity contribution is -0.384. The maximum atomic E-state index is 13.0. The van der Waals surface area contributed by atoms with E-state index in [1.54, 1.807) is 0 Å². The zero-order chi connectivity index (χ0) is 22.4. The van der Waals surface area contributed by atoms with Gasteiger partial charge < -0.3 is 10.2 Å². The zero-order valence-corrected chi connectivity index (χ0v) is 19.4.